The Morgan fingerprint density at radius 2 is 1.91 bits per heavy atom. The van der Waals surface area contributed by atoms with Gasteiger partial charge in [-0.2, -0.15) is 5.10 Å². The number of imidazole rings is 1. The number of pyridine rings is 2. The minimum atomic E-state index is -0.393. The molecule has 0 bridgehead atoms. The summed E-state index contributed by atoms with van der Waals surface area (Å²) in [4.78, 5) is 19.2. The summed E-state index contributed by atoms with van der Waals surface area (Å²) in [5.41, 5.74) is 6.01. The largest absolute Gasteiger partial charge is 0.337 e. The number of nitrogens with one attached hydrogen (secondary N) is 2. The number of hydrogen-bond acceptors (Lipinski definition) is 5. The second kappa shape index (κ2) is 7.06. The summed E-state index contributed by atoms with van der Waals surface area (Å²) < 4.78 is 14.9. The molecule has 6 aromatic rings. The van der Waals surface area contributed by atoms with Crippen LogP contribution in [0.1, 0.15) is 10.4 Å². The molecule has 156 valence electrons. The van der Waals surface area contributed by atoms with Crippen molar-refractivity contribution < 1.29 is 4.39 Å². The molecule has 0 spiro atoms. The average molecular weight is 441 g/mol. The first-order valence-electron chi connectivity index (χ1n) is 10.1. The van der Waals surface area contributed by atoms with E-state index in [1.165, 1.54) is 10.9 Å². The Hall–Kier alpha value is -3.91. The Morgan fingerprint density at radius 1 is 1.00 bits per heavy atom. The van der Waals surface area contributed by atoms with Gasteiger partial charge in [-0.3, -0.25) is 15.1 Å². The topological polar surface area (TPSA) is 83.1 Å². The predicted molar refractivity (Wildman–Crippen MR) is 125 cm³/mol. The lowest BCUT2D eigenvalue weighted by Gasteiger charge is -2.06. The molecule has 32 heavy (non-hydrogen) atoms. The predicted octanol–water partition coefficient (Wildman–Crippen LogP) is 6.05. The molecule has 0 aliphatic rings. The number of nitrogens with zero attached hydrogens (tertiary/aromatic N) is 4. The SMILES string of the molecule is Cc1ccc(-c2nccc3[nH]c(-c4[nH]nc5c(F)cc(-c6cnccc6C)cc45)nc23)s1. The van der Waals surface area contributed by atoms with Crippen molar-refractivity contribution in [3.8, 4) is 33.2 Å². The molecule has 6 rings (SSSR count). The lowest BCUT2D eigenvalue weighted by molar-refractivity contribution is 0.636. The van der Waals surface area contributed by atoms with Crippen LogP contribution in [0.3, 0.4) is 0 Å². The van der Waals surface area contributed by atoms with Crippen molar-refractivity contribution in [3.05, 3.63) is 71.2 Å². The van der Waals surface area contributed by atoms with Gasteiger partial charge < -0.3 is 4.98 Å². The third kappa shape index (κ3) is 2.91. The molecule has 8 heteroatoms. The zero-order valence-electron chi connectivity index (χ0n) is 17.3. The van der Waals surface area contributed by atoms with Crippen LogP contribution in [-0.4, -0.2) is 30.1 Å². The Morgan fingerprint density at radius 3 is 2.72 bits per heavy atom. The molecule has 5 heterocycles. The number of benzene rings is 1. The van der Waals surface area contributed by atoms with Crippen molar-refractivity contribution in [2.24, 2.45) is 0 Å². The van der Waals surface area contributed by atoms with Crippen LogP contribution in [0.15, 0.2) is 55.0 Å². The number of halogens is 1. The highest BCUT2D eigenvalue weighted by Crippen LogP contribution is 2.35. The highest BCUT2D eigenvalue weighted by Gasteiger charge is 2.19. The number of thiophene rings is 1. The number of hydrogen-bond donors (Lipinski definition) is 2. The lowest BCUT2D eigenvalue weighted by atomic mass is 10.0. The van der Waals surface area contributed by atoms with Crippen molar-refractivity contribution >= 4 is 33.3 Å². The summed E-state index contributed by atoms with van der Waals surface area (Å²) in [5.74, 6) is 0.195. The average Bonchev–Trinajstić information content (AvgIpc) is 3.51. The minimum absolute atomic E-state index is 0.276. The Kier molecular flexibility index (Phi) is 4.16. The third-order valence-corrected chi connectivity index (χ3v) is 6.58. The molecule has 0 unspecified atom stereocenters. The molecule has 0 saturated carbocycles. The van der Waals surface area contributed by atoms with Crippen LogP contribution in [0.25, 0.3) is 55.2 Å². The standard InChI is InChI=1S/C24H17FN6S/c1-12-5-7-26-11-16(12)14-9-15-20(17(25)10-14)30-31-21(15)24-28-18-6-8-27-23(22(18)29-24)19-4-3-13(2)32-19/h3-11H,1-2H3,(H,28,29)(H,30,31). The molecule has 0 saturated heterocycles. The Balaban J connectivity index is 1.55. The van der Waals surface area contributed by atoms with Gasteiger partial charge in [0.2, 0.25) is 0 Å². The molecule has 0 aliphatic carbocycles. The molecule has 2 N–H and O–H groups in total. The van der Waals surface area contributed by atoms with Gasteiger partial charge >= 0.3 is 0 Å². The number of aromatic nitrogens is 6. The number of H-pyrrole nitrogens is 2. The molecule has 6 nitrogen and oxygen atoms in total. The van der Waals surface area contributed by atoms with Crippen molar-refractivity contribution in [1.29, 1.82) is 0 Å². The fourth-order valence-corrected chi connectivity index (χ4v) is 4.84. The van der Waals surface area contributed by atoms with Gasteiger partial charge in [-0.25, -0.2) is 9.37 Å². The summed E-state index contributed by atoms with van der Waals surface area (Å²) in [6.45, 7) is 4.05. The highest BCUT2D eigenvalue weighted by molar-refractivity contribution is 7.15. The molecule has 0 atom stereocenters. The molecule has 5 aromatic heterocycles. The fraction of sp³-hybridized carbons (Fsp3) is 0.0833. The lowest BCUT2D eigenvalue weighted by Crippen LogP contribution is -1.88. The van der Waals surface area contributed by atoms with Gasteiger partial charge in [-0.15, -0.1) is 11.3 Å². The first-order chi connectivity index (χ1) is 15.6. The summed E-state index contributed by atoms with van der Waals surface area (Å²) in [6.07, 6.45) is 5.24. The van der Waals surface area contributed by atoms with E-state index in [4.69, 9.17) is 4.98 Å². The van der Waals surface area contributed by atoms with Gasteiger partial charge in [0.25, 0.3) is 0 Å². The number of aromatic amines is 2. The molecule has 0 radical (unpaired) electrons. The van der Waals surface area contributed by atoms with Crippen LogP contribution in [0.2, 0.25) is 0 Å². The fourth-order valence-electron chi connectivity index (χ4n) is 3.97. The maximum atomic E-state index is 14.9. The highest BCUT2D eigenvalue weighted by atomic mass is 32.1. The molecule has 0 amide bonds. The van der Waals surface area contributed by atoms with Crippen LogP contribution < -0.4 is 0 Å². The Labute approximate surface area is 186 Å². The van der Waals surface area contributed by atoms with Crippen LogP contribution in [-0.2, 0) is 0 Å². The minimum Gasteiger partial charge on any atom is -0.337 e. The van der Waals surface area contributed by atoms with Crippen LogP contribution in [0.5, 0.6) is 0 Å². The maximum absolute atomic E-state index is 14.9. The van der Waals surface area contributed by atoms with E-state index in [0.717, 1.165) is 38.3 Å². The second-order valence-electron chi connectivity index (χ2n) is 7.69. The van der Waals surface area contributed by atoms with Crippen molar-refractivity contribution in [3.63, 3.8) is 0 Å². The van der Waals surface area contributed by atoms with E-state index < -0.39 is 5.82 Å². The summed E-state index contributed by atoms with van der Waals surface area (Å²) in [6, 6.07) is 11.3. The van der Waals surface area contributed by atoms with E-state index in [1.807, 2.05) is 25.1 Å². The second-order valence-corrected chi connectivity index (χ2v) is 8.98. The van der Waals surface area contributed by atoms with Gasteiger partial charge in [-0.1, -0.05) is 0 Å². The zero-order chi connectivity index (χ0) is 21.8. The van der Waals surface area contributed by atoms with E-state index >= 15 is 0 Å². The molecular weight excluding hydrogens is 423 g/mol. The van der Waals surface area contributed by atoms with Gasteiger partial charge in [0.1, 0.15) is 22.4 Å². The van der Waals surface area contributed by atoms with E-state index in [9.17, 15) is 4.39 Å². The van der Waals surface area contributed by atoms with Gasteiger partial charge in [0.15, 0.2) is 11.6 Å². The summed E-state index contributed by atoms with van der Waals surface area (Å²) in [7, 11) is 0. The van der Waals surface area contributed by atoms with Crippen molar-refractivity contribution in [2.45, 2.75) is 13.8 Å². The Bertz CT molecular complexity index is 1630. The zero-order valence-corrected chi connectivity index (χ0v) is 18.1. The number of rotatable bonds is 3. The summed E-state index contributed by atoms with van der Waals surface area (Å²) >= 11 is 1.68. The number of aryl methyl sites for hydroxylation is 2. The van der Waals surface area contributed by atoms with E-state index in [-0.39, 0.29) is 5.52 Å². The number of fused-ring (bicyclic) bond motifs is 2. The first kappa shape index (κ1) is 18.8. The molecule has 0 aliphatic heterocycles. The van der Waals surface area contributed by atoms with Gasteiger partial charge in [0, 0.05) is 34.4 Å². The summed E-state index contributed by atoms with van der Waals surface area (Å²) in [5, 5.41) is 7.84. The van der Waals surface area contributed by atoms with Crippen LogP contribution in [0.4, 0.5) is 4.39 Å². The first-order valence-corrected chi connectivity index (χ1v) is 10.9. The van der Waals surface area contributed by atoms with Crippen molar-refractivity contribution in [2.75, 3.05) is 0 Å². The van der Waals surface area contributed by atoms with Crippen LogP contribution >= 0.6 is 11.3 Å². The van der Waals surface area contributed by atoms with E-state index in [2.05, 4.69) is 44.2 Å². The molecule has 0 fully saturated rings. The van der Waals surface area contributed by atoms with Gasteiger partial charge in [-0.05, 0) is 61.4 Å². The van der Waals surface area contributed by atoms with Crippen molar-refractivity contribution in [1.82, 2.24) is 30.1 Å². The van der Waals surface area contributed by atoms with E-state index in [0.29, 0.717) is 16.9 Å². The van der Waals surface area contributed by atoms with E-state index in [1.54, 1.807) is 29.9 Å². The smallest absolute Gasteiger partial charge is 0.157 e. The van der Waals surface area contributed by atoms with Gasteiger partial charge in [0.05, 0.1) is 10.4 Å². The molecule has 1 aromatic carbocycles. The molecular formula is C24H17FN6S. The quantitative estimate of drug-likeness (QED) is 0.351. The normalized spacial score (nSPS) is 11.6. The van der Waals surface area contributed by atoms with Crippen LogP contribution in [0, 0.1) is 19.7 Å². The monoisotopic (exact) mass is 440 g/mol. The maximum Gasteiger partial charge on any atom is 0.157 e. The third-order valence-electron chi connectivity index (χ3n) is 5.57.